The normalized spacial score (nSPS) is 12.5. The predicted octanol–water partition coefficient (Wildman–Crippen LogP) is 7.59. The van der Waals surface area contributed by atoms with Gasteiger partial charge in [0.2, 0.25) is 0 Å². The van der Waals surface area contributed by atoms with Gasteiger partial charge in [0.15, 0.2) is 0 Å². The zero-order valence-electron chi connectivity index (χ0n) is 17.5. The van der Waals surface area contributed by atoms with Crippen molar-refractivity contribution in [1.29, 1.82) is 0 Å². The Morgan fingerprint density at radius 1 is 0.893 bits per heavy atom. The Kier molecular flexibility index (Phi) is 9.32. The molecule has 0 unspecified atom stereocenters. The van der Waals surface area contributed by atoms with Crippen LogP contribution in [0.1, 0.15) is 55.9 Å². The maximum atomic E-state index is 6.09. The predicted molar refractivity (Wildman–Crippen MR) is 130 cm³/mol. The number of hydrogen-bond donors (Lipinski definition) is 2. The smallest absolute Gasteiger partial charge is 0.127 e. The van der Waals surface area contributed by atoms with Gasteiger partial charge in [0.05, 0.1) is 13.2 Å². The van der Waals surface area contributed by atoms with Crippen LogP contribution < -0.4 is 9.47 Å². The first-order valence-corrected chi connectivity index (χ1v) is 11.6. The number of thiophene rings is 1. The number of thiol groups is 2. The van der Waals surface area contributed by atoms with Gasteiger partial charge in [0, 0.05) is 25.1 Å². The van der Waals surface area contributed by atoms with Gasteiger partial charge in [0.1, 0.15) is 11.5 Å². The quantitative estimate of drug-likeness (QED) is 0.374. The van der Waals surface area contributed by atoms with Gasteiger partial charge in [-0.05, 0) is 61.9 Å². The summed E-state index contributed by atoms with van der Waals surface area (Å²) in [6, 6.07) is 10.2. The molecule has 28 heavy (non-hydrogen) atoms. The van der Waals surface area contributed by atoms with Gasteiger partial charge in [-0.1, -0.05) is 27.7 Å². The summed E-state index contributed by atoms with van der Waals surface area (Å²) < 4.78 is 12.0. The second kappa shape index (κ2) is 11.2. The highest BCUT2D eigenvalue weighted by atomic mass is 32.1. The van der Waals surface area contributed by atoms with Gasteiger partial charge in [-0.3, -0.25) is 0 Å². The summed E-state index contributed by atoms with van der Waals surface area (Å²) in [6.45, 7) is 12.3. The number of ether oxygens (including phenoxy) is 2. The fraction of sp³-hybridized carbons (Fsp3) is 0.478. The first-order chi connectivity index (χ1) is 13.3. The number of benzene rings is 1. The van der Waals surface area contributed by atoms with Gasteiger partial charge in [-0.2, -0.15) is 0 Å². The molecule has 1 aromatic heterocycles. The lowest BCUT2D eigenvalue weighted by atomic mass is 10.1. The summed E-state index contributed by atoms with van der Waals surface area (Å²) in [5.41, 5.74) is 0.921. The molecular formula is C23H32O2S3. The van der Waals surface area contributed by atoms with E-state index in [2.05, 4.69) is 46.8 Å². The topological polar surface area (TPSA) is 18.5 Å². The van der Waals surface area contributed by atoms with E-state index < -0.39 is 0 Å². The van der Waals surface area contributed by atoms with Crippen LogP contribution in [0.15, 0.2) is 30.3 Å². The highest BCUT2D eigenvalue weighted by Gasteiger charge is 2.14. The van der Waals surface area contributed by atoms with Crippen molar-refractivity contribution in [1.82, 2.24) is 0 Å². The molecule has 2 aromatic rings. The summed E-state index contributed by atoms with van der Waals surface area (Å²) in [4.78, 5) is 4.01. The van der Waals surface area contributed by atoms with E-state index in [0.717, 1.165) is 44.6 Å². The van der Waals surface area contributed by atoms with Crippen molar-refractivity contribution in [3.05, 3.63) is 45.6 Å². The van der Waals surface area contributed by atoms with Crippen LogP contribution in [0.25, 0.3) is 9.81 Å². The fourth-order valence-electron chi connectivity index (χ4n) is 2.53. The van der Waals surface area contributed by atoms with Crippen LogP contribution in [0.5, 0.6) is 11.5 Å². The van der Waals surface area contributed by atoms with Crippen molar-refractivity contribution in [3.8, 4) is 11.5 Å². The first kappa shape index (κ1) is 23.2. The molecule has 0 amide bonds. The molecule has 0 fully saturated rings. The van der Waals surface area contributed by atoms with Crippen LogP contribution in [-0.2, 0) is 0 Å². The molecule has 0 saturated heterocycles. The Hall–Kier alpha value is -1.04. The maximum Gasteiger partial charge on any atom is 0.127 e. The molecule has 0 radical (unpaired) electrons. The Morgan fingerprint density at radius 3 is 2.11 bits per heavy atom. The standard InChI is InChI=1S/C23H32O2S3/c1-15(2)10-12-24-18-7-8-20(25-13-11-16(3)4)19(14-18)22(26)23(27)21-9-6-17(5)28-21/h6-9,14-16,26-27H,10-13H2,1-5H3. The van der Waals surface area contributed by atoms with Gasteiger partial charge in [-0.25, -0.2) is 0 Å². The maximum absolute atomic E-state index is 6.09. The Labute approximate surface area is 185 Å². The van der Waals surface area contributed by atoms with E-state index >= 15 is 0 Å². The lowest BCUT2D eigenvalue weighted by Gasteiger charge is -2.16. The molecule has 0 saturated carbocycles. The van der Waals surface area contributed by atoms with Crippen molar-refractivity contribution < 1.29 is 9.47 Å². The minimum absolute atomic E-state index is 0.600. The lowest BCUT2D eigenvalue weighted by Crippen LogP contribution is -2.04. The molecule has 5 heteroatoms. The van der Waals surface area contributed by atoms with E-state index in [0.29, 0.717) is 25.0 Å². The van der Waals surface area contributed by atoms with Crippen molar-refractivity contribution in [2.45, 2.75) is 47.5 Å². The third kappa shape index (κ3) is 7.09. The second-order valence-corrected chi connectivity index (χ2v) is 10.0. The third-order valence-corrected chi connectivity index (χ3v) is 6.60. The zero-order valence-corrected chi connectivity index (χ0v) is 20.1. The fourth-order valence-corrected chi connectivity index (χ4v) is 4.05. The van der Waals surface area contributed by atoms with Crippen molar-refractivity contribution in [2.75, 3.05) is 13.2 Å². The van der Waals surface area contributed by atoms with Gasteiger partial charge in [0.25, 0.3) is 0 Å². The van der Waals surface area contributed by atoms with E-state index in [1.54, 1.807) is 11.3 Å². The molecule has 2 rings (SSSR count). The Bertz CT molecular complexity index is 791. The van der Waals surface area contributed by atoms with E-state index in [1.165, 1.54) is 4.88 Å². The minimum atomic E-state index is 0.600. The van der Waals surface area contributed by atoms with E-state index in [9.17, 15) is 0 Å². The molecule has 1 heterocycles. The van der Waals surface area contributed by atoms with Crippen LogP contribution >= 0.6 is 36.6 Å². The summed E-state index contributed by atoms with van der Waals surface area (Å²) >= 11 is 11.3. The molecule has 154 valence electrons. The van der Waals surface area contributed by atoms with Gasteiger partial charge < -0.3 is 9.47 Å². The van der Waals surface area contributed by atoms with E-state index in [-0.39, 0.29) is 0 Å². The summed E-state index contributed by atoms with van der Waals surface area (Å²) in [6.07, 6.45) is 2.04. The summed E-state index contributed by atoms with van der Waals surface area (Å²) in [5.74, 6) is 2.87. The van der Waals surface area contributed by atoms with Crippen LogP contribution in [0.3, 0.4) is 0 Å². The summed E-state index contributed by atoms with van der Waals surface area (Å²) in [7, 11) is 0. The molecular weight excluding hydrogens is 404 g/mol. The van der Waals surface area contributed by atoms with Gasteiger partial charge >= 0.3 is 0 Å². The molecule has 1 aromatic carbocycles. The number of hydrogen-bond acceptors (Lipinski definition) is 5. The van der Waals surface area contributed by atoms with E-state index in [4.69, 9.17) is 34.7 Å². The molecule has 0 aliphatic carbocycles. The number of aryl methyl sites for hydroxylation is 1. The Balaban J connectivity index is 2.32. The Morgan fingerprint density at radius 2 is 1.54 bits per heavy atom. The van der Waals surface area contributed by atoms with Crippen molar-refractivity contribution in [3.63, 3.8) is 0 Å². The zero-order chi connectivity index (χ0) is 20.7. The summed E-state index contributed by atoms with van der Waals surface area (Å²) in [5, 5.41) is 0. The molecule has 0 spiro atoms. The number of rotatable bonds is 10. The van der Waals surface area contributed by atoms with Crippen LogP contribution in [-0.4, -0.2) is 13.2 Å². The highest BCUT2D eigenvalue weighted by molar-refractivity contribution is 7.96. The molecule has 0 aliphatic heterocycles. The molecule has 2 nitrogen and oxygen atoms in total. The largest absolute Gasteiger partial charge is 0.494 e. The SMILES string of the molecule is Cc1ccc(C(S)=C(S)c2cc(OCCC(C)C)ccc2OCCC(C)C)s1. The van der Waals surface area contributed by atoms with Gasteiger partial charge in [-0.15, -0.1) is 36.6 Å². The highest BCUT2D eigenvalue weighted by Crippen LogP contribution is 2.40. The average Bonchev–Trinajstić information content (AvgIpc) is 3.07. The average molecular weight is 437 g/mol. The minimum Gasteiger partial charge on any atom is -0.494 e. The van der Waals surface area contributed by atoms with Crippen LogP contribution in [0.2, 0.25) is 0 Å². The lowest BCUT2D eigenvalue weighted by molar-refractivity contribution is 0.281. The molecule has 0 aliphatic rings. The first-order valence-electron chi connectivity index (χ1n) is 9.87. The second-order valence-electron chi connectivity index (χ2n) is 7.83. The molecule has 0 N–H and O–H groups in total. The van der Waals surface area contributed by atoms with Crippen molar-refractivity contribution in [2.24, 2.45) is 11.8 Å². The van der Waals surface area contributed by atoms with Crippen LogP contribution in [0.4, 0.5) is 0 Å². The van der Waals surface area contributed by atoms with Crippen LogP contribution in [0, 0.1) is 18.8 Å². The molecule has 0 bridgehead atoms. The third-order valence-electron chi connectivity index (χ3n) is 4.32. The molecule has 0 atom stereocenters. The monoisotopic (exact) mass is 436 g/mol. The van der Waals surface area contributed by atoms with E-state index in [1.807, 2.05) is 18.2 Å². The van der Waals surface area contributed by atoms with Crippen molar-refractivity contribution >= 4 is 46.4 Å².